The molecule has 0 saturated heterocycles. The van der Waals surface area contributed by atoms with E-state index in [4.69, 9.17) is 9.47 Å². The zero-order chi connectivity index (χ0) is 20.6. The number of anilines is 5. The number of nitrogens with one attached hydrogen (secondary N) is 2. The first-order chi connectivity index (χ1) is 14.2. The molecule has 152 valence electrons. The van der Waals surface area contributed by atoms with Crippen LogP contribution in [-0.2, 0) is 0 Å². The van der Waals surface area contributed by atoms with Crippen molar-refractivity contribution in [2.45, 2.75) is 13.8 Å². The molecule has 0 radical (unpaired) electrons. The SMILES string of the molecule is CCN(CC)c1ccc(Nc2nccc(Nc3ccc(OC)cc3OC)n2)cc1. The second-order valence-corrected chi connectivity index (χ2v) is 6.30. The predicted molar refractivity (Wildman–Crippen MR) is 118 cm³/mol. The first-order valence-electron chi connectivity index (χ1n) is 9.61. The summed E-state index contributed by atoms with van der Waals surface area (Å²) in [5.41, 5.74) is 2.92. The minimum absolute atomic E-state index is 0.512. The lowest BCUT2D eigenvalue weighted by Gasteiger charge is -2.21. The molecule has 1 heterocycles. The van der Waals surface area contributed by atoms with E-state index < -0.39 is 0 Å². The van der Waals surface area contributed by atoms with Crippen LogP contribution in [0.25, 0.3) is 0 Å². The van der Waals surface area contributed by atoms with Crippen molar-refractivity contribution in [1.82, 2.24) is 9.97 Å². The summed E-state index contributed by atoms with van der Waals surface area (Å²) < 4.78 is 10.7. The zero-order valence-corrected chi connectivity index (χ0v) is 17.3. The molecule has 0 atom stereocenters. The molecule has 7 nitrogen and oxygen atoms in total. The monoisotopic (exact) mass is 393 g/mol. The Bertz CT molecular complexity index is 927. The fourth-order valence-electron chi connectivity index (χ4n) is 3.00. The first-order valence-corrected chi connectivity index (χ1v) is 9.61. The Balaban J connectivity index is 1.73. The number of nitrogens with zero attached hydrogens (tertiary/aromatic N) is 3. The molecule has 0 amide bonds. The van der Waals surface area contributed by atoms with Gasteiger partial charge in [-0.3, -0.25) is 0 Å². The lowest BCUT2D eigenvalue weighted by Crippen LogP contribution is -2.21. The Kier molecular flexibility index (Phi) is 6.73. The van der Waals surface area contributed by atoms with Gasteiger partial charge in [-0.1, -0.05) is 0 Å². The Labute approximate surface area is 171 Å². The largest absolute Gasteiger partial charge is 0.497 e. The summed E-state index contributed by atoms with van der Waals surface area (Å²) >= 11 is 0. The van der Waals surface area contributed by atoms with Gasteiger partial charge in [0.2, 0.25) is 5.95 Å². The van der Waals surface area contributed by atoms with Gasteiger partial charge in [0, 0.05) is 36.7 Å². The van der Waals surface area contributed by atoms with Crippen LogP contribution in [0, 0.1) is 0 Å². The van der Waals surface area contributed by atoms with E-state index in [0.717, 1.165) is 30.2 Å². The molecule has 0 spiro atoms. The van der Waals surface area contributed by atoms with E-state index in [1.807, 2.05) is 30.3 Å². The van der Waals surface area contributed by atoms with Crippen LogP contribution >= 0.6 is 0 Å². The molecule has 0 bridgehead atoms. The molecule has 0 fully saturated rings. The molecule has 2 aromatic carbocycles. The molecule has 7 heteroatoms. The van der Waals surface area contributed by atoms with Gasteiger partial charge in [-0.05, 0) is 56.3 Å². The van der Waals surface area contributed by atoms with Crippen molar-refractivity contribution in [3.05, 3.63) is 54.7 Å². The average Bonchev–Trinajstić information content (AvgIpc) is 2.76. The highest BCUT2D eigenvalue weighted by atomic mass is 16.5. The van der Waals surface area contributed by atoms with Gasteiger partial charge in [0.15, 0.2) is 0 Å². The molecule has 0 aliphatic carbocycles. The third-order valence-corrected chi connectivity index (χ3v) is 4.58. The van der Waals surface area contributed by atoms with Crippen molar-refractivity contribution in [2.24, 2.45) is 0 Å². The maximum absolute atomic E-state index is 5.43. The third kappa shape index (κ3) is 5.07. The quantitative estimate of drug-likeness (QED) is 0.540. The highest BCUT2D eigenvalue weighted by Gasteiger charge is 2.08. The van der Waals surface area contributed by atoms with Crippen LogP contribution < -0.4 is 25.0 Å². The maximum Gasteiger partial charge on any atom is 0.229 e. The normalized spacial score (nSPS) is 10.3. The lowest BCUT2D eigenvalue weighted by atomic mass is 10.2. The fraction of sp³-hybridized carbons (Fsp3) is 0.273. The molecule has 0 aliphatic heterocycles. The molecule has 0 unspecified atom stereocenters. The molecule has 3 aromatic rings. The number of hydrogen-bond donors (Lipinski definition) is 2. The summed E-state index contributed by atoms with van der Waals surface area (Å²) in [6.45, 7) is 6.27. The fourth-order valence-corrected chi connectivity index (χ4v) is 3.00. The van der Waals surface area contributed by atoms with E-state index in [2.05, 4.69) is 51.5 Å². The van der Waals surface area contributed by atoms with Crippen molar-refractivity contribution in [3.63, 3.8) is 0 Å². The number of methoxy groups -OCH3 is 2. The second kappa shape index (κ2) is 9.64. The maximum atomic E-state index is 5.43. The molecular weight excluding hydrogens is 366 g/mol. The molecule has 2 N–H and O–H groups in total. The topological polar surface area (TPSA) is 71.5 Å². The van der Waals surface area contributed by atoms with E-state index in [-0.39, 0.29) is 0 Å². The highest BCUT2D eigenvalue weighted by molar-refractivity contribution is 5.67. The summed E-state index contributed by atoms with van der Waals surface area (Å²) in [5, 5.41) is 6.51. The van der Waals surface area contributed by atoms with Gasteiger partial charge in [0.05, 0.1) is 19.9 Å². The smallest absolute Gasteiger partial charge is 0.229 e. The number of ether oxygens (including phenoxy) is 2. The summed E-state index contributed by atoms with van der Waals surface area (Å²) in [4.78, 5) is 11.2. The van der Waals surface area contributed by atoms with Crippen LogP contribution in [-0.4, -0.2) is 37.3 Å². The molecule has 0 aliphatic rings. The van der Waals surface area contributed by atoms with Crippen LogP contribution in [0.1, 0.15) is 13.8 Å². The summed E-state index contributed by atoms with van der Waals surface area (Å²) in [5.74, 6) is 2.57. The predicted octanol–water partition coefficient (Wildman–Crippen LogP) is 4.83. The Morgan fingerprint density at radius 3 is 2.31 bits per heavy atom. The van der Waals surface area contributed by atoms with Crippen LogP contribution in [0.5, 0.6) is 11.5 Å². The van der Waals surface area contributed by atoms with Gasteiger partial charge in [-0.25, -0.2) is 4.98 Å². The minimum atomic E-state index is 0.512. The zero-order valence-electron chi connectivity index (χ0n) is 17.3. The van der Waals surface area contributed by atoms with Crippen LogP contribution in [0.4, 0.5) is 28.8 Å². The van der Waals surface area contributed by atoms with Crippen molar-refractivity contribution in [1.29, 1.82) is 0 Å². The second-order valence-electron chi connectivity index (χ2n) is 6.30. The first kappa shape index (κ1) is 20.3. The van der Waals surface area contributed by atoms with E-state index in [1.54, 1.807) is 26.5 Å². The van der Waals surface area contributed by atoms with E-state index in [9.17, 15) is 0 Å². The Morgan fingerprint density at radius 2 is 1.66 bits per heavy atom. The standard InChI is InChI=1S/C22H27N5O2/c1-5-27(6-2)17-9-7-16(8-10-17)24-22-23-14-13-21(26-22)25-19-12-11-18(28-3)15-20(19)29-4/h7-15H,5-6H2,1-4H3,(H2,23,24,25,26). The van der Waals surface area contributed by atoms with E-state index in [1.165, 1.54) is 5.69 Å². The third-order valence-electron chi connectivity index (χ3n) is 4.58. The Hall–Kier alpha value is -3.48. The van der Waals surface area contributed by atoms with E-state index in [0.29, 0.717) is 17.5 Å². The summed E-state index contributed by atoms with van der Waals surface area (Å²) in [6, 6.07) is 15.6. The lowest BCUT2D eigenvalue weighted by molar-refractivity contribution is 0.395. The van der Waals surface area contributed by atoms with Crippen molar-refractivity contribution in [2.75, 3.05) is 42.8 Å². The van der Waals surface area contributed by atoms with Crippen molar-refractivity contribution < 1.29 is 9.47 Å². The highest BCUT2D eigenvalue weighted by Crippen LogP contribution is 2.31. The number of rotatable bonds is 9. The van der Waals surface area contributed by atoms with E-state index >= 15 is 0 Å². The van der Waals surface area contributed by atoms with Gasteiger partial charge in [0.25, 0.3) is 0 Å². The molecule has 0 saturated carbocycles. The van der Waals surface area contributed by atoms with Crippen LogP contribution in [0.3, 0.4) is 0 Å². The summed E-state index contributed by atoms with van der Waals surface area (Å²) in [6.07, 6.45) is 1.71. The van der Waals surface area contributed by atoms with Crippen LogP contribution in [0.2, 0.25) is 0 Å². The van der Waals surface area contributed by atoms with Gasteiger partial charge >= 0.3 is 0 Å². The molecule has 3 rings (SSSR count). The van der Waals surface area contributed by atoms with Crippen LogP contribution in [0.15, 0.2) is 54.7 Å². The molecule has 1 aromatic heterocycles. The number of hydrogen-bond acceptors (Lipinski definition) is 7. The average molecular weight is 393 g/mol. The Morgan fingerprint density at radius 1 is 0.897 bits per heavy atom. The van der Waals surface area contributed by atoms with Gasteiger partial charge in [0.1, 0.15) is 17.3 Å². The van der Waals surface area contributed by atoms with Gasteiger partial charge in [-0.2, -0.15) is 4.98 Å². The minimum Gasteiger partial charge on any atom is -0.497 e. The number of aromatic nitrogens is 2. The summed E-state index contributed by atoms with van der Waals surface area (Å²) in [7, 11) is 3.24. The van der Waals surface area contributed by atoms with Crippen molar-refractivity contribution in [3.8, 4) is 11.5 Å². The molecular formula is C22H27N5O2. The van der Waals surface area contributed by atoms with Gasteiger partial charge < -0.3 is 25.0 Å². The number of benzene rings is 2. The van der Waals surface area contributed by atoms with Crippen molar-refractivity contribution >= 4 is 28.8 Å². The van der Waals surface area contributed by atoms with Gasteiger partial charge in [-0.15, -0.1) is 0 Å². The molecule has 29 heavy (non-hydrogen) atoms.